The van der Waals surface area contributed by atoms with E-state index in [1.54, 1.807) is 0 Å². The molecule has 0 saturated carbocycles. The normalized spacial score (nSPS) is 10.1. The Morgan fingerprint density at radius 2 is 1.79 bits per heavy atom. The van der Waals surface area contributed by atoms with Crippen molar-refractivity contribution >= 4 is 5.97 Å². The minimum absolute atomic E-state index is 0.292. The van der Waals surface area contributed by atoms with Crippen LogP contribution < -0.4 is 0 Å². The maximum atomic E-state index is 10.3. The number of hydrogen-bond acceptors (Lipinski definition) is 1. The highest BCUT2D eigenvalue weighted by Crippen LogP contribution is 2.04. The predicted octanol–water partition coefficient (Wildman–Crippen LogP) is 4.72. The Morgan fingerprint density at radius 3 is 2.53 bits per heavy atom. The zero-order chi connectivity index (χ0) is 14.2. The van der Waals surface area contributed by atoms with Gasteiger partial charge in [0.25, 0.3) is 0 Å². The Bertz CT molecular complexity index is 318. The van der Waals surface area contributed by atoms with E-state index in [0.29, 0.717) is 6.42 Å². The quantitative estimate of drug-likeness (QED) is 0.332. The van der Waals surface area contributed by atoms with Gasteiger partial charge in [-0.15, -0.1) is 6.58 Å². The maximum absolute atomic E-state index is 10.3. The Hall–Kier alpha value is -1.49. The van der Waals surface area contributed by atoms with Crippen LogP contribution in [0.4, 0.5) is 0 Å². The summed E-state index contributed by atoms with van der Waals surface area (Å²) in [5.41, 5.74) is 0. The molecule has 19 heavy (non-hydrogen) atoms. The van der Waals surface area contributed by atoms with Gasteiger partial charge in [0.05, 0.1) is 0 Å². The van der Waals surface area contributed by atoms with Gasteiger partial charge >= 0.3 is 5.97 Å². The van der Waals surface area contributed by atoms with E-state index in [9.17, 15) is 4.79 Å². The van der Waals surface area contributed by atoms with Crippen LogP contribution >= 0.6 is 0 Å². The van der Waals surface area contributed by atoms with Crippen molar-refractivity contribution in [1.82, 2.24) is 0 Å². The average Bonchev–Trinajstić information content (AvgIpc) is 2.39. The first kappa shape index (κ1) is 17.5. The molecule has 0 aliphatic heterocycles. The molecule has 0 unspecified atom stereocenters. The van der Waals surface area contributed by atoms with Gasteiger partial charge < -0.3 is 5.11 Å². The lowest BCUT2D eigenvalue weighted by atomic mass is 10.1. The number of unbranched alkanes of at least 4 members (excludes halogenated alkanes) is 7. The minimum atomic E-state index is -0.696. The molecule has 0 heterocycles. The van der Waals surface area contributed by atoms with Crippen LogP contribution in [0, 0.1) is 11.8 Å². The van der Waals surface area contributed by atoms with Gasteiger partial charge in [0.15, 0.2) is 0 Å². The van der Waals surface area contributed by atoms with Crippen molar-refractivity contribution in [3.8, 4) is 11.8 Å². The van der Waals surface area contributed by atoms with Crippen LogP contribution in [0.15, 0.2) is 24.8 Å². The molecule has 2 nitrogen and oxygen atoms in total. The number of hydrogen-bond donors (Lipinski definition) is 1. The molecule has 0 atom stereocenters. The highest BCUT2D eigenvalue weighted by Gasteiger charge is 1.95. The molecule has 0 rings (SSSR count). The van der Waals surface area contributed by atoms with Gasteiger partial charge in [-0.05, 0) is 44.6 Å². The summed E-state index contributed by atoms with van der Waals surface area (Å²) >= 11 is 0. The lowest BCUT2D eigenvalue weighted by Gasteiger charge is -1.95. The highest BCUT2D eigenvalue weighted by molar-refractivity contribution is 5.66. The van der Waals surface area contributed by atoms with Gasteiger partial charge in [0.1, 0.15) is 0 Å². The van der Waals surface area contributed by atoms with Gasteiger partial charge in [-0.1, -0.05) is 36.8 Å². The summed E-state index contributed by atoms with van der Waals surface area (Å²) < 4.78 is 0. The maximum Gasteiger partial charge on any atom is 0.303 e. The standard InChI is InChI=1S/C17H26O2/c1-2-3-4-5-6-7-8-9-10-11-12-13-14-15-16-17(18)19/h2,7-8H,1,3-6,11-16H2,(H,18,19)/b8-7+. The minimum Gasteiger partial charge on any atom is -0.481 e. The molecular weight excluding hydrogens is 236 g/mol. The fraction of sp³-hybridized carbons (Fsp3) is 0.588. The molecule has 0 aromatic carbocycles. The van der Waals surface area contributed by atoms with E-state index in [-0.39, 0.29) is 0 Å². The summed E-state index contributed by atoms with van der Waals surface area (Å²) in [5.74, 6) is 5.46. The van der Waals surface area contributed by atoms with E-state index in [4.69, 9.17) is 5.11 Å². The first-order valence-corrected chi connectivity index (χ1v) is 7.23. The smallest absolute Gasteiger partial charge is 0.303 e. The molecule has 0 amide bonds. The lowest BCUT2D eigenvalue weighted by molar-refractivity contribution is -0.137. The number of allylic oxidation sites excluding steroid dienone is 3. The van der Waals surface area contributed by atoms with Crippen LogP contribution in [0.2, 0.25) is 0 Å². The molecule has 2 heteroatoms. The first-order valence-electron chi connectivity index (χ1n) is 7.23. The van der Waals surface area contributed by atoms with E-state index < -0.39 is 5.97 Å². The van der Waals surface area contributed by atoms with Crippen molar-refractivity contribution < 1.29 is 9.90 Å². The molecule has 0 aliphatic carbocycles. The number of carboxylic acids is 1. The van der Waals surface area contributed by atoms with E-state index in [2.05, 4.69) is 24.5 Å². The Morgan fingerprint density at radius 1 is 1.05 bits per heavy atom. The van der Waals surface area contributed by atoms with E-state index in [1.807, 2.05) is 12.2 Å². The molecule has 0 radical (unpaired) electrons. The van der Waals surface area contributed by atoms with Gasteiger partial charge in [0.2, 0.25) is 0 Å². The third kappa shape index (κ3) is 16.5. The molecule has 0 fully saturated rings. The number of aliphatic carboxylic acids is 1. The number of carbonyl (C=O) groups is 1. The van der Waals surface area contributed by atoms with Crippen molar-refractivity contribution in [2.24, 2.45) is 0 Å². The molecule has 0 aliphatic rings. The van der Waals surface area contributed by atoms with Crippen molar-refractivity contribution in [2.75, 3.05) is 0 Å². The summed E-state index contributed by atoms with van der Waals surface area (Å²) in [6, 6.07) is 0. The first-order chi connectivity index (χ1) is 9.27. The summed E-state index contributed by atoms with van der Waals surface area (Å²) in [7, 11) is 0. The van der Waals surface area contributed by atoms with E-state index in [0.717, 1.165) is 44.9 Å². The second-order valence-corrected chi connectivity index (χ2v) is 4.60. The monoisotopic (exact) mass is 262 g/mol. The molecule has 106 valence electrons. The van der Waals surface area contributed by atoms with Crippen molar-refractivity contribution in [2.45, 2.75) is 64.2 Å². The van der Waals surface area contributed by atoms with E-state index >= 15 is 0 Å². The second-order valence-electron chi connectivity index (χ2n) is 4.60. The summed E-state index contributed by atoms with van der Waals surface area (Å²) in [6.07, 6.45) is 15.8. The van der Waals surface area contributed by atoms with Crippen LogP contribution in [-0.4, -0.2) is 11.1 Å². The fourth-order valence-corrected chi connectivity index (χ4v) is 1.67. The van der Waals surface area contributed by atoms with Crippen LogP contribution in [0.1, 0.15) is 64.2 Å². The van der Waals surface area contributed by atoms with Gasteiger partial charge in [-0.25, -0.2) is 0 Å². The van der Waals surface area contributed by atoms with Gasteiger partial charge in [-0.2, -0.15) is 0 Å². The molecule has 1 N–H and O–H groups in total. The molecule has 0 saturated heterocycles. The second kappa shape index (κ2) is 14.6. The molecule has 0 aromatic heterocycles. The molecule has 0 spiro atoms. The third-order valence-electron chi connectivity index (χ3n) is 2.77. The van der Waals surface area contributed by atoms with Crippen molar-refractivity contribution in [1.29, 1.82) is 0 Å². The van der Waals surface area contributed by atoms with Crippen LogP contribution in [-0.2, 0) is 4.79 Å². The Labute approximate surface area is 117 Å². The highest BCUT2D eigenvalue weighted by atomic mass is 16.4. The number of carboxylic acid groups (broad SMARTS) is 1. The van der Waals surface area contributed by atoms with E-state index in [1.165, 1.54) is 12.8 Å². The summed E-state index contributed by atoms with van der Waals surface area (Å²) in [5, 5.41) is 8.47. The van der Waals surface area contributed by atoms with Crippen LogP contribution in [0.3, 0.4) is 0 Å². The molecule has 0 aromatic rings. The van der Waals surface area contributed by atoms with Crippen LogP contribution in [0.5, 0.6) is 0 Å². The third-order valence-corrected chi connectivity index (χ3v) is 2.77. The van der Waals surface area contributed by atoms with Crippen molar-refractivity contribution in [3.05, 3.63) is 24.8 Å². The largest absolute Gasteiger partial charge is 0.481 e. The van der Waals surface area contributed by atoms with Crippen LogP contribution in [0.25, 0.3) is 0 Å². The van der Waals surface area contributed by atoms with Gasteiger partial charge in [-0.3, -0.25) is 4.79 Å². The summed E-state index contributed by atoms with van der Waals surface area (Å²) in [6.45, 7) is 3.69. The Balaban J connectivity index is 3.27. The molecule has 0 bridgehead atoms. The molecular formula is C17H26O2. The zero-order valence-electron chi connectivity index (χ0n) is 11.9. The van der Waals surface area contributed by atoms with Crippen molar-refractivity contribution in [3.63, 3.8) is 0 Å². The zero-order valence-corrected chi connectivity index (χ0v) is 11.9. The fourth-order valence-electron chi connectivity index (χ4n) is 1.67. The Kier molecular flexibility index (Phi) is 13.4. The van der Waals surface area contributed by atoms with Gasteiger partial charge in [0, 0.05) is 12.8 Å². The average molecular weight is 262 g/mol. The number of rotatable bonds is 11. The summed E-state index contributed by atoms with van der Waals surface area (Å²) in [4.78, 5) is 10.3. The topological polar surface area (TPSA) is 37.3 Å². The SMILES string of the molecule is C=CCCCC/C=C/C#CCCCCCCC(=O)O. The predicted molar refractivity (Wildman–Crippen MR) is 80.9 cm³/mol. The lowest BCUT2D eigenvalue weighted by Crippen LogP contribution is -1.93.